The number of hydrogen-bond donors (Lipinski definition) is 1. The average Bonchev–Trinajstić information content (AvgIpc) is 2.48. The molecule has 3 nitrogen and oxygen atoms in total. The molecule has 19 heavy (non-hydrogen) atoms. The minimum atomic E-state index is 0.167. The van der Waals surface area contributed by atoms with E-state index in [0.29, 0.717) is 0 Å². The highest BCUT2D eigenvalue weighted by atomic mass is 32.2. The molecule has 0 aliphatic carbocycles. The highest BCUT2D eigenvalue weighted by Crippen LogP contribution is 2.40. The van der Waals surface area contributed by atoms with Crippen LogP contribution in [0.3, 0.4) is 0 Å². The van der Waals surface area contributed by atoms with Crippen molar-refractivity contribution in [1.29, 1.82) is 0 Å². The smallest absolute Gasteiger partial charge is 0.0616 e. The molecule has 1 saturated heterocycles. The first-order chi connectivity index (χ1) is 9.27. The molecule has 2 heterocycles. The number of thioether (sulfide) groups is 1. The Morgan fingerprint density at radius 2 is 2.05 bits per heavy atom. The number of anilines is 2. The van der Waals surface area contributed by atoms with E-state index < -0.39 is 0 Å². The summed E-state index contributed by atoms with van der Waals surface area (Å²) in [6, 6.07) is 8.75. The van der Waals surface area contributed by atoms with Gasteiger partial charge in [0.05, 0.1) is 16.9 Å². The predicted octanol–water partition coefficient (Wildman–Crippen LogP) is 2.17. The normalized spacial score (nSPS) is 27.3. The lowest BCUT2D eigenvalue weighted by atomic mass is 9.91. The summed E-state index contributed by atoms with van der Waals surface area (Å²) in [5.74, 6) is 2.46. The van der Waals surface area contributed by atoms with Crippen molar-refractivity contribution in [3.05, 3.63) is 24.3 Å². The number of benzene rings is 1. The molecule has 1 unspecified atom stereocenters. The van der Waals surface area contributed by atoms with Crippen LogP contribution < -0.4 is 15.5 Å². The maximum absolute atomic E-state index is 6.19. The van der Waals surface area contributed by atoms with Gasteiger partial charge >= 0.3 is 0 Å². The van der Waals surface area contributed by atoms with E-state index in [1.54, 1.807) is 0 Å². The summed E-state index contributed by atoms with van der Waals surface area (Å²) in [6.07, 6.45) is 2.52. The molecule has 1 aromatic carbocycles. The van der Waals surface area contributed by atoms with Crippen LogP contribution in [0.2, 0.25) is 0 Å². The number of likely N-dealkylation sites (N-methyl/N-ethyl adjacent to an activating group) is 1. The van der Waals surface area contributed by atoms with Crippen LogP contribution in [0.5, 0.6) is 0 Å². The number of rotatable bonds is 2. The molecule has 1 fully saturated rings. The standard InChI is InChI=1S/C15H23N3S/c1-17-8-9-18(14-6-3-2-5-13(14)17)15(11-16)7-4-10-19-12-15/h2-3,5-6H,4,7-12,16H2,1H3. The minimum Gasteiger partial charge on any atom is -0.371 e. The molecule has 0 amide bonds. The van der Waals surface area contributed by atoms with Crippen LogP contribution >= 0.6 is 11.8 Å². The molecule has 0 spiro atoms. The zero-order valence-electron chi connectivity index (χ0n) is 11.6. The first-order valence-corrected chi connectivity index (χ1v) is 8.28. The zero-order chi connectivity index (χ0) is 13.3. The third-order valence-electron chi connectivity index (χ3n) is 4.50. The van der Waals surface area contributed by atoms with Crippen LogP contribution in [-0.4, -0.2) is 43.7 Å². The molecule has 2 N–H and O–H groups in total. The van der Waals surface area contributed by atoms with E-state index in [-0.39, 0.29) is 5.54 Å². The van der Waals surface area contributed by atoms with E-state index in [1.165, 1.54) is 35.7 Å². The second-order valence-electron chi connectivity index (χ2n) is 5.65. The van der Waals surface area contributed by atoms with Gasteiger partial charge in [-0.05, 0) is 30.7 Å². The molecule has 2 aliphatic rings. The fourth-order valence-electron chi connectivity index (χ4n) is 3.32. The van der Waals surface area contributed by atoms with Gasteiger partial charge in [-0.15, -0.1) is 0 Å². The van der Waals surface area contributed by atoms with Gasteiger partial charge in [-0.2, -0.15) is 11.8 Å². The van der Waals surface area contributed by atoms with Crippen LogP contribution in [0.15, 0.2) is 24.3 Å². The van der Waals surface area contributed by atoms with Gasteiger partial charge in [-0.1, -0.05) is 12.1 Å². The number of nitrogens with two attached hydrogens (primary N) is 1. The molecule has 4 heteroatoms. The van der Waals surface area contributed by atoms with Crippen molar-refractivity contribution < 1.29 is 0 Å². The second-order valence-corrected chi connectivity index (χ2v) is 6.75. The minimum absolute atomic E-state index is 0.167. The van der Waals surface area contributed by atoms with Crippen molar-refractivity contribution in [3.8, 4) is 0 Å². The number of nitrogens with zero attached hydrogens (tertiary/aromatic N) is 2. The molecule has 3 rings (SSSR count). The molecule has 0 aromatic heterocycles. The van der Waals surface area contributed by atoms with Gasteiger partial charge in [0.25, 0.3) is 0 Å². The molecule has 2 aliphatic heterocycles. The van der Waals surface area contributed by atoms with Crippen molar-refractivity contribution in [1.82, 2.24) is 0 Å². The number of para-hydroxylation sites is 2. The van der Waals surface area contributed by atoms with Crippen molar-refractivity contribution in [2.24, 2.45) is 5.73 Å². The summed E-state index contributed by atoms with van der Waals surface area (Å²) in [5, 5.41) is 0. The van der Waals surface area contributed by atoms with Gasteiger partial charge in [0, 0.05) is 32.4 Å². The lowest BCUT2D eigenvalue weighted by Crippen LogP contribution is -2.60. The fraction of sp³-hybridized carbons (Fsp3) is 0.600. The molecule has 0 saturated carbocycles. The van der Waals surface area contributed by atoms with Crippen LogP contribution in [0.1, 0.15) is 12.8 Å². The van der Waals surface area contributed by atoms with Crippen LogP contribution in [0.25, 0.3) is 0 Å². The first-order valence-electron chi connectivity index (χ1n) is 7.12. The highest BCUT2D eigenvalue weighted by molar-refractivity contribution is 7.99. The zero-order valence-corrected chi connectivity index (χ0v) is 12.5. The van der Waals surface area contributed by atoms with Crippen molar-refractivity contribution in [3.63, 3.8) is 0 Å². The van der Waals surface area contributed by atoms with Gasteiger partial charge < -0.3 is 15.5 Å². The lowest BCUT2D eigenvalue weighted by molar-refractivity contribution is 0.393. The number of fused-ring (bicyclic) bond motifs is 1. The Hall–Kier alpha value is -0.870. The van der Waals surface area contributed by atoms with Crippen molar-refractivity contribution in [2.45, 2.75) is 18.4 Å². The Morgan fingerprint density at radius 1 is 1.26 bits per heavy atom. The lowest BCUT2D eigenvalue weighted by Gasteiger charge is -2.50. The molecule has 0 bridgehead atoms. The van der Waals surface area contributed by atoms with E-state index in [4.69, 9.17) is 5.73 Å². The maximum Gasteiger partial charge on any atom is 0.0616 e. The fourth-order valence-corrected chi connectivity index (χ4v) is 4.61. The molecule has 104 valence electrons. The van der Waals surface area contributed by atoms with Gasteiger partial charge in [0.15, 0.2) is 0 Å². The summed E-state index contributed by atoms with van der Waals surface area (Å²) < 4.78 is 0. The van der Waals surface area contributed by atoms with E-state index >= 15 is 0 Å². The van der Waals surface area contributed by atoms with E-state index in [9.17, 15) is 0 Å². The molecule has 0 radical (unpaired) electrons. The van der Waals surface area contributed by atoms with Crippen molar-refractivity contribution in [2.75, 3.05) is 48.0 Å². The maximum atomic E-state index is 6.19. The monoisotopic (exact) mass is 277 g/mol. The van der Waals surface area contributed by atoms with Gasteiger partial charge in [-0.3, -0.25) is 0 Å². The Kier molecular flexibility index (Phi) is 3.63. The largest absolute Gasteiger partial charge is 0.371 e. The van der Waals surface area contributed by atoms with Crippen LogP contribution in [-0.2, 0) is 0 Å². The summed E-state index contributed by atoms with van der Waals surface area (Å²) in [6.45, 7) is 2.94. The van der Waals surface area contributed by atoms with Crippen molar-refractivity contribution >= 4 is 23.1 Å². The van der Waals surface area contributed by atoms with Gasteiger partial charge in [0.1, 0.15) is 0 Å². The first kappa shape index (κ1) is 13.1. The molecule has 1 aromatic rings. The molecular formula is C15H23N3S. The van der Waals surface area contributed by atoms with Crippen LogP contribution in [0.4, 0.5) is 11.4 Å². The highest BCUT2D eigenvalue weighted by Gasteiger charge is 2.39. The molecule has 1 atom stereocenters. The number of hydrogen-bond acceptors (Lipinski definition) is 4. The van der Waals surface area contributed by atoms with E-state index in [2.05, 4.69) is 52.9 Å². The summed E-state index contributed by atoms with van der Waals surface area (Å²) in [7, 11) is 2.18. The third-order valence-corrected chi connectivity index (χ3v) is 5.82. The third kappa shape index (κ3) is 2.21. The quantitative estimate of drug-likeness (QED) is 0.898. The second kappa shape index (κ2) is 5.25. The Balaban J connectivity index is 1.99. The van der Waals surface area contributed by atoms with Gasteiger partial charge in [0.2, 0.25) is 0 Å². The van der Waals surface area contributed by atoms with E-state index in [1.807, 2.05) is 0 Å². The van der Waals surface area contributed by atoms with Gasteiger partial charge in [-0.25, -0.2) is 0 Å². The summed E-state index contributed by atoms with van der Waals surface area (Å²) >= 11 is 2.06. The predicted molar refractivity (Wildman–Crippen MR) is 85.4 cm³/mol. The summed E-state index contributed by atoms with van der Waals surface area (Å²) in [5.41, 5.74) is 9.07. The SMILES string of the molecule is CN1CCN(C2(CN)CCCSC2)c2ccccc21. The topological polar surface area (TPSA) is 32.5 Å². The molecular weight excluding hydrogens is 254 g/mol. The van der Waals surface area contributed by atoms with E-state index in [0.717, 1.165) is 19.6 Å². The average molecular weight is 277 g/mol. The Bertz CT molecular complexity index is 443. The summed E-state index contributed by atoms with van der Waals surface area (Å²) in [4.78, 5) is 4.94. The Labute approximate surface area is 120 Å². The van der Waals surface area contributed by atoms with Crippen LogP contribution in [0, 0.1) is 0 Å². The Morgan fingerprint density at radius 3 is 2.74 bits per heavy atom.